The Bertz CT molecular complexity index is 394. The zero-order chi connectivity index (χ0) is 12.1. The van der Waals surface area contributed by atoms with Crippen molar-refractivity contribution in [1.82, 2.24) is 15.3 Å². The molecule has 1 rings (SSSR count). The van der Waals surface area contributed by atoms with E-state index in [-0.39, 0.29) is 30.2 Å². The molecular formula is C10H17N3O3. The summed E-state index contributed by atoms with van der Waals surface area (Å²) in [7, 11) is 0. The van der Waals surface area contributed by atoms with Crippen molar-refractivity contribution in [1.29, 1.82) is 0 Å². The summed E-state index contributed by atoms with van der Waals surface area (Å²) in [4.78, 5) is 27.2. The Morgan fingerprint density at radius 1 is 1.56 bits per heavy atom. The summed E-state index contributed by atoms with van der Waals surface area (Å²) >= 11 is 0. The fourth-order valence-electron chi connectivity index (χ4n) is 1.41. The van der Waals surface area contributed by atoms with Crippen molar-refractivity contribution in [2.24, 2.45) is 5.92 Å². The van der Waals surface area contributed by atoms with E-state index in [0.717, 1.165) is 0 Å². The lowest BCUT2D eigenvalue weighted by atomic mass is 10.0. The maximum absolute atomic E-state index is 11.7. The molecule has 0 aliphatic rings. The van der Waals surface area contributed by atoms with Gasteiger partial charge in [-0.15, -0.1) is 0 Å². The molecule has 90 valence electrons. The number of aromatic amines is 2. The Morgan fingerprint density at radius 3 is 2.69 bits per heavy atom. The summed E-state index contributed by atoms with van der Waals surface area (Å²) in [5.74, 6) is -0.118. The summed E-state index contributed by atoms with van der Waals surface area (Å²) in [5.41, 5.74) is -0.206. The Balaban J connectivity index is 2.65. The van der Waals surface area contributed by atoms with Gasteiger partial charge in [0.1, 0.15) is 5.69 Å². The third kappa shape index (κ3) is 3.23. The van der Waals surface area contributed by atoms with Crippen LogP contribution < -0.4 is 11.0 Å². The van der Waals surface area contributed by atoms with Gasteiger partial charge in [-0.25, -0.2) is 4.79 Å². The fourth-order valence-corrected chi connectivity index (χ4v) is 1.41. The van der Waals surface area contributed by atoms with Gasteiger partial charge in [-0.2, -0.15) is 0 Å². The second-order valence-corrected chi connectivity index (χ2v) is 3.99. The van der Waals surface area contributed by atoms with Crippen LogP contribution in [0.4, 0.5) is 0 Å². The van der Waals surface area contributed by atoms with E-state index in [1.165, 1.54) is 6.20 Å². The van der Waals surface area contributed by atoms with Gasteiger partial charge in [-0.3, -0.25) is 4.79 Å². The number of hydrogen-bond donors (Lipinski definition) is 4. The topological polar surface area (TPSA) is 98.0 Å². The molecule has 6 heteroatoms. The number of hydrogen-bond acceptors (Lipinski definition) is 3. The first-order valence-corrected chi connectivity index (χ1v) is 5.24. The number of aliphatic hydroxyl groups is 1. The van der Waals surface area contributed by atoms with Gasteiger partial charge in [0.05, 0.1) is 0 Å². The largest absolute Gasteiger partial charge is 0.396 e. The molecule has 1 amide bonds. The monoisotopic (exact) mass is 227 g/mol. The van der Waals surface area contributed by atoms with Crippen LogP contribution in [0.15, 0.2) is 11.0 Å². The molecule has 1 aromatic heterocycles. The molecule has 0 saturated carbocycles. The van der Waals surface area contributed by atoms with Gasteiger partial charge < -0.3 is 20.4 Å². The number of amides is 1. The van der Waals surface area contributed by atoms with E-state index >= 15 is 0 Å². The van der Waals surface area contributed by atoms with Crippen molar-refractivity contribution in [3.63, 3.8) is 0 Å². The van der Waals surface area contributed by atoms with E-state index in [1.54, 1.807) is 0 Å². The standard InChI is InChI=1S/C10H17N3O3/c1-6(2)7(3-4-14)12-9(15)8-5-11-10(16)13-8/h5-7,14H,3-4H2,1-2H3,(H,12,15)(H2,11,13,16). The van der Waals surface area contributed by atoms with Crippen molar-refractivity contribution < 1.29 is 9.90 Å². The highest BCUT2D eigenvalue weighted by Gasteiger charge is 2.17. The van der Waals surface area contributed by atoms with Gasteiger partial charge in [0.25, 0.3) is 5.91 Å². The predicted molar refractivity (Wildman–Crippen MR) is 59.2 cm³/mol. The van der Waals surface area contributed by atoms with Crippen LogP contribution in [0.3, 0.4) is 0 Å². The van der Waals surface area contributed by atoms with Gasteiger partial charge in [0.2, 0.25) is 0 Å². The molecule has 16 heavy (non-hydrogen) atoms. The van der Waals surface area contributed by atoms with Crippen LogP contribution in [-0.2, 0) is 0 Å². The number of carbonyl (C=O) groups excluding carboxylic acids is 1. The first-order chi connectivity index (χ1) is 7.54. The van der Waals surface area contributed by atoms with E-state index in [0.29, 0.717) is 6.42 Å². The molecule has 6 nitrogen and oxygen atoms in total. The normalized spacial score (nSPS) is 12.8. The van der Waals surface area contributed by atoms with Crippen LogP contribution in [0, 0.1) is 5.92 Å². The number of H-pyrrole nitrogens is 2. The number of aliphatic hydroxyl groups excluding tert-OH is 1. The molecule has 0 bridgehead atoms. The maximum Gasteiger partial charge on any atom is 0.323 e. The Hall–Kier alpha value is -1.56. The van der Waals surface area contributed by atoms with Crippen molar-refractivity contribution in [2.75, 3.05) is 6.61 Å². The highest BCUT2D eigenvalue weighted by Crippen LogP contribution is 2.06. The van der Waals surface area contributed by atoms with Crippen LogP contribution in [0.1, 0.15) is 30.8 Å². The molecule has 0 spiro atoms. The van der Waals surface area contributed by atoms with E-state index in [4.69, 9.17) is 5.11 Å². The second kappa shape index (κ2) is 5.50. The zero-order valence-corrected chi connectivity index (χ0v) is 9.41. The lowest BCUT2D eigenvalue weighted by Gasteiger charge is -2.20. The van der Waals surface area contributed by atoms with E-state index < -0.39 is 5.69 Å². The molecule has 1 heterocycles. The average molecular weight is 227 g/mol. The third-order valence-electron chi connectivity index (χ3n) is 2.40. The zero-order valence-electron chi connectivity index (χ0n) is 9.41. The summed E-state index contributed by atoms with van der Waals surface area (Å²) in [6.45, 7) is 3.94. The molecule has 0 fully saturated rings. The van der Waals surface area contributed by atoms with Gasteiger partial charge in [0.15, 0.2) is 0 Å². The molecule has 0 radical (unpaired) electrons. The van der Waals surface area contributed by atoms with Crippen molar-refractivity contribution >= 4 is 5.91 Å². The maximum atomic E-state index is 11.7. The Kier molecular flexibility index (Phi) is 4.30. The molecule has 0 aliphatic heterocycles. The Morgan fingerprint density at radius 2 is 2.25 bits per heavy atom. The molecule has 0 saturated heterocycles. The van der Waals surface area contributed by atoms with Crippen molar-refractivity contribution in [3.05, 3.63) is 22.4 Å². The fraction of sp³-hybridized carbons (Fsp3) is 0.600. The van der Waals surface area contributed by atoms with Crippen molar-refractivity contribution in [3.8, 4) is 0 Å². The summed E-state index contributed by atoms with van der Waals surface area (Å²) < 4.78 is 0. The van der Waals surface area contributed by atoms with E-state index in [1.807, 2.05) is 13.8 Å². The molecule has 4 N–H and O–H groups in total. The van der Waals surface area contributed by atoms with E-state index in [2.05, 4.69) is 15.3 Å². The van der Waals surface area contributed by atoms with Crippen molar-refractivity contribution in [2.45, 2.75) is 26.3 Å². The SMILES string of the molecule is CC(C)C(CCO)NC(=O)c1c[nH]c(=O)[nH]1. The predicted octanol–water partition coefficient (Wildman–Crippen LogP) is -0.160. The first-order valence-electron chi connectivity index (χ1n) is 5.24. The van der Waals surface area contributed by atoms with Gasteiger partial charge in [-0.1, -0.05) is 13.8 Å². The van der Waals surface area contributed by atoms with Crippen LogP contribution in [0.5, 0.6) is 0 Å². The smallest absolute Gasteiger partial charge is 0.323 e. The quantitative estimate of drug-likeness (QED) is 0.562. The number of imidazole rings is 1. The number of aromatic nitrogens is 2. The average Bonchev–Trinajstić information content (AvgIpc) is 2.64. The number of rotatable bonds is 5. The Labute approximate surface area is 93.1 Å². The van der Waals surface area contributed by atoms with Gasteiger partial charge in [-0.05, 0) is 12.3 Å². The second-order valence-electron chi connectivity index (χ2n) is 3.99. The van der Waals surface area contributed by atoms with E-state index in [9.17, 15) is 9.59 Å². The first kappa shape index (κ1) is 12.5. The highest BCUT2D eigenvalue weighted by molar-refractivity contribution is 5.92. The lowest BCUT2D eigenvalue weighted by molar-refractivity contribution is 0.0912. The number of carbonyl (C=O) groups is 1. The molecule has 0 aromatic carbocycles. The van der Waals surface area contributed by atoms with Crippen LogP contribution in [0.2, 0.25) is 0 Å². The minimum absolute atomic E-state index is 0.0206. The summed E-state index contributed by atoms with van der Waals surface area (Å²) in [6, 6.07) is -0.101. The van der Waals surface area contributed by atoms with Crippen LogP contribution >= 0.6 is 0 Å². The summed E-state index contributed by atoms with van der Waals surface area (Å²) in [6.07, 6.45) is 1.83. The molecule has 1 atom stereocenters. The summed E-state index contributed by atoms with van der Waals surface area (Å²) in [5, 5.41) is 11.6. The van der Waals surface area contributed by atoms with Crippen LogP contribution in [0.25, 0.3) is 0 Å². The minimum Gasteiger partial charge on any atom is -0.396 e. The minimum atomic E-state index is -0.409. The van der Waals surface area contributed by atoms with Gasteiger partial charge in [0, 0.05) is 18.8 Å². The molecule has 0 aliphatic carbocycles. The lowest BCUT2D eigenvalue weighted by Crippen LogP contribution is -2.39. The van der Waals surface area contributed by atoms with Crippen LogP contribution in [-0.4, -0.2) is 33.6 Å². The van der Waals surface area contributed by atoms with Gasteiger partial charge >= 0.3 is 5.69 Å². The number of nitrogens with one attached hydrogen (secondary N) is 3. The molecule has 1 aromatic rings. The highest BCUT2D eigenvalue weighted by atomic mass is 16.3. The third-order valence-corrected chi connectivity index (χ3v) is 2.40. The molecule has 1 unspecified atom stereocenters. The molecular weight excluding hydrogens is 210 g/mol.